The topological polar surface area (TPSA) is 55.1 Å². The van der Waals surface area contributed by atoms with Crippen molar-refractivity contribution in [1.29, 1.82) is 0 Å². The third-order valence-corrected chi connectivity index (χ3v) is 5.58. The van der Waals surface area contributed by atoms with Crippen LogP contribution in [-0.2, 0) is 6.54 Å². The van der Waals surface area contributed by atoms with Gasteiger partial charge in [0.15, 0.2) is 11.6 Å². The van der Waals surface area contributed by atoms with E-state index in [2.05, 4.69) is 20.1 Å². The summed E-state index contributed by atoms with van der Waals surface area (Å²) in [6.45, 7) is 3.79. The van der Waals surface area contributed by atoms with Crippen molar-refractivity contribution >= 4 is 11.3 Å². The second kappa shape index (κ2) is 7.20. The van der Waals surface area contributed by atoms with E-state index in [1.807, 2.05) is 6.92 Å². The van der Waals surface area contributed by atoms with Gasteiger partial charge in [0.2, 0.25) is 5.89 Å². The van der Waals surface area contributed by atoms with Gasteiger partial charge in [0, 0.05) is 18.7 Å². The zero-order valence-electron chi connectivity index (χ0n) is 14.3. The van der Waals surface area contributed by atoms with Gasteiger partial charge < -0.3 is 4.42 Å². The van der Waals surface area contributed by atoms with Crippen molar-refractivity contribution in [2.75, 3.05) is 13.1 Å². The van der Waals surface area contributed by atoms with Crippen molar-refractivity contribution in [2.24, 2.45) is 0 Å². The lowest BCUT2D eigenvalue weighted by atomic mass is 9.97. The molecule has 0 N–H and O–H groups in total. The highest BCUT2D eigenvalue weighted by atomic mass is 32.1. The minimum atomic E-state index is -0.808. The third-order valence-electron chi connectivity index (χ3n) is 4.66. The van der Waals surface area contributed by atoms with Crippen LogP contribution in [0.2, 0.25) is 0 Å². The predicted octanol–water partition coefficient (Wildman–Crippen LogP) is 4.16. The van der Waals surface area contributed by atoms with Gasteiger partial charge in [0.1, 0.15) is 4.88 Å². The average molecular weight is 376 g/mol. The van der Waals surface area contributed by atoms with Crippen molar-refractivity contribution in [3.8, 4) is 10.8 Å². The molecule has 26 heavy (non-hydrogen) atoms. The number of aromatic nitrogens is 3. The summed E-state index contributed by atoms with van der Waals surface area (Å²) in [6, 6.07) is 4.30. The normalized spacial score (nSPS) is 18.3. The summed E-state index contributed by atoms with van der Waals surface area (Å²) in [5, 5.41) is 8.37. The van der Waals surface area contributed by atoms with E-state index in [0.29, 0.717) is 30.4 Å². The third kappa shape index (κ3) is 3.39. The molecule has 8 heteroatoms. The Balaban J connectivity index is 1.48. The molecule has 4 rings (SSSR count). The summed E-state index contributed by atoms with van der Waals surface area (Å²) in [5.74, 6) is -0.395. The van der Waals surface area contributed by atoms with Crippen LogP contribution < -0.4 is 0 Å². The molecule has 1 aliphatic heterocycles. The molecule has 1 fully saturated rings. The Labute approximate surface area is 153 Å². The number of halogens is 2. The molecule has 1 unspecified atom stereocenters. The highest BCUT2D eigenvalue weighted by Gasteiger charge is 2.27. The zero-order valence-corrected chi connectivity index (χ0v) is 15.1. The molecule has 2 aromatic heterocycles. The molecule has 0 amide bonds. The number of thiazole rings is 1. The number of hydrogen-bond donors (Lipinski definition) is 0. The SMILES string of the molecule is Cc1ncsc1-c1nnc(C2CCCN(Cc3cccc(F)c3F)C2)o1. The quantitative estimate of drug-likeness (QED) is 0.684. The second-order valence-electron chi connectivity index (χ2n) is 6.50. The van der Waals surface area contributed by atoms with E-state index < -0.39 is 11.6 Å². The largest absolute Gasteiger partial charge is 0.419 e. The Kier molecular flexibility index (Phi) is 4.78. The van der Waals surface area contributed by atoms with Gasteiger partial charge in [-0.05, 0) is 32.4 Å². The van der Waals surface area contributed by atoms with Crippen LogP contribution in [0.4, 0.5) is 8.78 Å². The van der Waals surface area contributed by atoms with E-state index in [1.54, 1.807) is 11.6 Å². The number of rotatable bonds is 4. The highest BCUT2D eigenvalue weighted by molar-refractivity contribution is 7.13. The second-order valence-corrected chi connectivity index (χ2v) is 7.35. The summed E-state index contributed by atoms with van der Waals surface area (Å²) >= 11 is 1.47. The van der Waals surface area contributed by atoms with Crippen molar-refractivity contribution in [1.82, 2.24) is 20.1 Å². The fraction of sp³-hybridized carbons (Fsp3) is 0.389. The smallest absolute Gasteiger partial charge is 0.259 e. The van der Waals surface area contributed by atoms with E-state index in [-0.39, 0.29) is 5.92 Å². The van der Waals surface area contributed by atoms with Gasteiger partial charge in [0.25, 0.3) is 5.89 Å². The van der Waals surface area contributed by atoms with Crippen molar-refractivity contribution in [2.45, 2.75) is 32.2 Å². The average Bonchev–Trinajstić information content (AvgIpc) is 3.28. The minimum absolute atomic E-state index is 0.0925. The molecule has 0 spiro atoms. The summed E-state index contributed by atoms with van der Waals surface area (Å²) in [7, 11) is 0. The summed E-state index contributed by atoms with van der Waals surface area (Å²) in [5.41, 5.74) is 3.00. The standard InChI is InChI=1S/C18H18F2N4OS/c1-11-16(26-10-21-11)18-23-22-17(25-18)13-5-3-7-24(9-13)8-12-4-2-6-14(19)15(12)20/h2,4,6,10,13H,3,5,7-9H2,1H3. The zero-order chi connectivity index (χ0) is 18.1. The summed E-state index contributed by atoms with van der Waals surface area (Å²) < 4.78 is 33.2. The first-order valence-corrected chi connectivity index (χ1v) is 9.39. The Hall–Kier alpha value is -2.19. The van der Waals surface area contributed by atoms with Gasteiger partial charge >= 0.3 is 0 Å². The monoisotopic (exact) mass is 376 g/mol. The van der Waals surface area contributed by atoms with Gasteiger partial charge in [-0.2, -0.15) is 0 Å². The van der Waals surface area contributed by atoms with Crippen LogP contribution in [0.15, 0.2) is 28.1 Å². The molecule has 3 heterocycles. The first-order chi connectivity index (χ1) is 12.6. The number of benzene rings is 1. The Morgan fingerprint density at radius 1 is 1.31 bits per heavy atom. The van der Waals surface area contributed by atoms with Crippen LogP contribution in [0.25, 0.3) is 10.8 Å². The number of aryl methyl sites for hydroxylation is 1. The van der Waals surface area contributed by atoms with E-state index in [4.69, 9.17) is 4.42 Å². The molecule has 5 nitrogen and oxygen atoms in total. The Morgan fingerprint density at radius 2 is 2.19 bits per heavy atom. The van der Waals surface area contributed by atoms with Crippen LogP contribution in [-0.4, -0.2) is 33.2 Å². The molecule has 1 aliphatic rings. The van der Waals surface area contributed by atoms with Crippen molar-refractivity contribution in [3.05, 3.63) is 52.5 Å². The maximum absolute atomic E-state index is 13.9. The lowest BCUT2D eigenvalue weighted by Crippen LogP contribution is -2.34. The molecule has 0 aliphatic carbocycles. The van der Waals surface area contributed by atoms with Gasteiger partial charge in [-0.25, -0.2) is 13.8 Å². The number of hydrogen-bond acceptors (Lipinski definition) is 6. The Morgan fingerprint density at radius 3 is 3.00 bits per heavy atom. The fourth-order valence-corrected chi connectivity index (χ4v) is 4.03. The molecule has 0 bridgehead atoms. The molecular weight excluding hydrogens is 358 g/mol. The number of piperidine rings is 1. The molecular formula is C18H18F2N4OS. The van der Waals surface area contributed by atoms with E-state index in [0.717, 1.165) is 36.0 Å². The first kappa shape index (κ1) is 17.2. The maximum atomic E-state index is 13.9. The molecule has 3 aromatic rings. The van der Waals surface area contributed by atoms with Gasteiger partial charge in [-0.15, -0.1) is 21.5 Å². The first-order valence-electron chi connectivity index (χ1n) is 8.51. The van der Waals surface area contributed by atoms with Crippen LogP contribution >= 0.6 is 11.3 Å². The maximum Gasteiger partial charge on any atom is 0.259 e. The van der Waals surface area contributed by atoms with Crippen molar-refractivity contribution in [3.63, 3.8) is 0 Å². The summed E-state index contributed by atoms with van der Waals surface area (Å²) in [4.78, 5) is 7.20. The molecule has 1 atom stereocenters. The number of likely N-dealkylation sites (tertiary alicyclic amines) is 1. The highest BCUT2D eigenvalue weighted by Crippen LogP contribution is 2.31. The Bertz CT molecular complexity index is 910. The molecule has 1 saturated heterocycles. The van der Waals surface area contributed by atoms with Crippen LogP contribution in [0, 0.1) is 18.6 Å². The van der Waals surface area contributed by atoms with E-state index >= 15 is 0 Å². The minimum Gasteiger partial charge on any atom is -0.419 e. The molecule has 0 saturated carbocycles. The van der Waals surface area contributed by atoms with Crippen LogP contribution in [0.5, 0.6) is 0 Å². The molecule has 136 valence electrons. The summed E-state index contributed by atoms with van der Waals surface area (Å²) in [6.07, 6.45) is 1.88. The molecule has 0 radical (unpaired) electrons. The van der Waals surface area contributed by atoms with E-state index in [9.17, 15) is 8.78 Å². The lowest BCUT2D eigenvalue weighted by Gasteiger charge is -2.31. The van der Waals surface area contributed by atoms with Gasteiger partial charge in [0.05, 0.1) is 17.1 Å². The lowest BCUT2D eigenvalue weighted by molar-refractivity contribution is 0.184. The van der Waals surface area contributed by atoms with Crippen LogP contribution in [0.3, 0.4) is 0 Å². The fourth-order valence-electron chi connectivity index (χ4n) is 3.31. The molecule has 1 aromatic carbocycles. The van der Waals surface area contributed by atoms with E-state index in [1.165, 1.54) is 17.4 Å². The van der Waals surface area contributed by atoms with Crippen LogP contribution in [0.1, 0.15) is 35.9 Å². The van der Waals surface area contributed by atoms with Crippen molar-refractivity contribution < 1.29 is 13.2 Å². The number of nitrogens with zero attached hydrogens (tertiary/aromatic N) is 4. The van der Waals surface area contributed by atoms with Gasteiger partial charge in [-0.1, -0.05) is 12.1 Å². The van der Waals surface area contributed by atoms with Gasteiger partial charge in [-0.3, -0.25) is 4.90 Å². The predicted molar refractivity (Wildman–Crippen MR) is 93.8 cm³/mol.